The molecule has 1 fully saturated rings. The highest BCUT2D eigenvalue weighted by molar-refractivity contribution is 14.0. The number of guanidine groups is 1. The van der Waals surface area contributed by atoms with Crippen LogP contribution in [0.5, 0.6) is 0 Å². The third kappa shape index (κ3) is 6.85. The molecule has 9 heteroatoms. The Morgan fingerprint density at radius 2 is 2.03 bits per heavy atom. The number of halogens is 1. The van der Waals surface area contributed by atoms with Crippen LogP contribution < -0.4 is 15.5 Å². The fourth-order valence-electron chi connectivity index (χ4n) is 3.21. The van der Waals surface area contributed by atoms with Crippen LogP contribution in [0.3, 0.4) is 0 Å². The molecule has 0 aromatic carbocycles. The zero-order valence-corrected chi connectivity index (χ0v) is 20.3. The summed E-state index contributed by atoms with van der Waals surface area (Å²) in [5, 5.41) is 17.0. The minimum Gasteiger partial charge on any atom is -0.466 e. The molecule has 166 valence electrons. The smallest absolute Gasteiger partial charge is 0.191 e. The van der Waals surface area contributed by atoms with E-state index in [0.717, 1.165) is 44.1 Å². The molecule has 2 aromatic rings. The number of aromatic nitrogens is 1. The van der Waals surface area contributed by atoms with Crippen LogP contribution in [0, 0.1) is 0 Å². The second-order valence-corrected chi connectivity index (χ2v) is 7.61. The zero-order valence-electron chi connectivity index (χ0n) is 18.0. The van der Waals surface area contributed by atoms with Crippen molar-refractivity contribution in [3.63, 3.8) is 0 Å². The summed E-state index contributed by atoms with van der Waals surface area (Å²) in [6.45, 7) is 9.36. The maximum Gasteiger partial charge on any atom is 0.191 e. The van der Waals surface area contributed by atoms with Gasteiger partial charge in [0.2, 0.25) is 0 Å². The van der Waals surface area contributed by atoms with Crippen LogP contribution in [-0.2, 0) is 12.1 Å². The monoisotopic (exact) mass is 528 g/mol. The Morgan fingerprint density at radius 3 is 2.70 bits per heavy atom. The molecule has 0 saturated carbocycles. The number of hydrogen-bond acceptors (Lipinski definition) is 6. The van der Waals surface area contributed by atoms with E-state index in [0.29, 0.717) is 18.3 Å². The number of aliphatic imine (C=N–C) groups is 1. The third-order valence-corrected chi connectivity index (χ3v) is 5.05. The summed E-state index contributed by atoms with van der Waals surface area (Å²) in [7, 11) is 2.15. The van der Waals surface area contributed by atoms with Crippen molar-refractivity contribution in [3.8, 4) is 0 Å². The first-order valence-corrected chi connectivity index (χ1v) is 10.1. The van der Waals surface area contributed by atoms with E-state index in [1.807, 2.05) is 19.2 Å². The molecule has 3 rings (SSSR count). The molecule has 1 aliphatic rings. The number of nitrogens with zero attached hydrogens (tertiary/aromatic N) is 4. The predicted octanol–water partition coefficient (Wildman–Crippen LogP) is 2.01. The summed E-state index contributed by atoms with van der Waals surface area (Å²) in [5.74, 6) is 2.17. The van der Waals surface area contributed by atoms with Gasteiger partial charge in [-0.15, -0.1) is 24.0 Å². The van der Waals surface area contributed by atoms with Crippen molar-refractivity contribution in [2.45, 2.75) is 26.0 Å². The Morgan fingerprint density at radius 1 is 1.27 bits per heavy atom. The van der Waals surface area contributed by atoms with Gasteiger partial charge in [-0.1, -0.05) is 0 Å². The molecule has 1 unspecified atom stereocenters. The van der Waals surface area contributed by atoms with Gasteiger partial charge in [-0.2, -0.15) is 0 Å². The summed E-state index contributed by atoms with van der Waals surface area (Å²) in [5.41, 5.74) is -0.0192. The van der Waals surface area contributed by atoms with Gasteiger partial charge in [0, 0.05) is 38.9 Å². The molecular weight excluding hydrogens is 495 g/mol. The standard InChI is InChI=1S/C21H32N6O2.HI/c1-4-22-20(25-16-21(2,28)18-6-5-13-29-18)24-15-17-7-8-23-19(14-17)27-11-9-26(3)10-12-27;/h5-8,13-14,28H,4,9-12,15-16H2,1-3H3,(H2,22,24,25);1H. The summed E-state index contributed by atoms with van der Waals surface area (Å²) < 4.78 is 5.33. The lowest BCUT2D eigenvalue weighted by Gasteiger charge is -2.33. The van der Waals surface area contributed by atoms with Gasteiger partial charge in [-0.3, -0.25) is 0 Å². The summed E-state index contributed by atoms with van der Waals surface area (Å²) in [6.07, 6.45) is 3.41. The third-order valence-electron chi connectivity index (χ3n) is 5.05. The van der Waals surface area contributed by atoms with Crippen LogP contribution in [0.2, 0.25) is 0 Å². The molecule has 0 aliphatic carbocycles. The summed E-state index contributed by atoms with van der Waals surface area (Å²) >= 11 is 0. The van der Waals surface area contributed by atoms with E-state index in [-0.39, 0.29) is 30.5 Å². The molecule has 0 bridgehead atoms. The lowest BCUT2D eigenvalue weighted by Crippen LogP contribution is -2.44. The van der Waals surface area contributed by atoms with Crippen molar-refractivity contribution in [2.75, 3.05) is 51.2 Å². The topological polar surface area (TPSA) is 89.2 Å². The van der Waals surface area contributed by atoms with E-state index in [1.54, 1.807) is 25.3 Å². The van der Waals surface area contributed by atoms with Crippen LogP contribution >= 0.6 is 24.0 Å². The summed E-state index contributed by atoms with van der Waals surface area (Å²) in [6, 6.07) is 7.64. The highest BCUT2D eigenvalue weighted by atomic mass is 127. The molecule has 3 heterocycles. The van der Waals surface area contributed by atoms with Crippen molar-refractivity contribution in [1.29, 1.82) is 0 Å². The Labute approximate surface area is 195 Å². The number of furan rings is 1. The normalized spacial score (nSPS) is 17.2. The maximum atomic E-state index is 10.6. The molecule has 2 aromatic heterocycles. The Balaban J connectivity index is 0.00000320. The van der Waals surface area contributed by atoms with Crippen molar-refractivity contribution in [3.05, 3.63) is 48.0 Å². The highest BCUT2D eigenvalue weighted by Crippen LogP contribution is 2.20. The van der Waals surface area contributed by atoms with E-state index in [9.17, 15) is 5.11 Å². The predicted molar refractivity (Wildman–Crippen MR) is 130 cm³/mol. The molecule has 8 nitrogen and oxygen atoms in total. The van der Waals surface area contributed by atoms with Gasteiger partial charge in [0.1, 0.15) is 17.2 Å². The minimum atomic E-state index is -1.12. The second kappa shape index (κ2) is 11.5. The number of nitrogens with one attached hydrogen (secondary N) is 2. The molecular formula is C21H33IN6O2. The first-order chi connectivity index (χ1) is 14.0. The van der Waals surface area contributed by atoms with Gasteiger partial charge in [-0.05, 0) is 50.7 Å². The number of likely N-dealkylation sites (N-methyl/N-ethyl adjacent to an activating group) is 1. The van der Waals surface area contributed by atoms with Crippen LogP contribution in [-0.4, -0.2) is 67.3 Å². The Bertz CT molecular complexity index is 789. The Hall–Kier alpha value is -1.85. The lowest BCUT2D eigenvalue weighted by molar-refractivity contribution is 0.0386. The first-order valence-electron chi connectivity index (χ1n) is 10.1. The molecule has 3 N–H and O–H groups in total. The van der Waals surface area contributed by atoms with Crippen molar-refractivity contribution < 1.29 is 9.52 Å². The van der Waals surface area contributed by atoms with Gasteiger partial charge in [-0.25, -0.2) is 9.98 Å². The van der Waals surface area contributed by atoms with Crippen LogP contribution in [0.4, 0.5) is 5.82 Å². The number of rotatable bonds is 7. The lowest BCUT2D eigenvalue weighted by atomic mass is 10.0. The van der Waals surface area contributed by atoms with Crippen LogP contribution in [0.15, 0.2) is 46.1 Å². The van der Waals surface area contributed by atoms with Crippen LogP contribution in [0.1, 0.15) is 25.2 Å². The molecule has 0 amide bonds. The van der Waals surface area contributed by atoms with E-state index < -0.39 is 5.60 Å². The number of piperazine rings is 1. The molecule has 1 atom stereocenters. The number of hydrogen-bond donors (Lipinski definition) is 3. The van der Waals surface area contributed by atoms with Gasteiger partial charge in [0.25, 0.3) is 0 Å². The highest BCUT2D eigenvalue weighted by Gasteiger charge is 2.26. The van der Waals surface area contributed by atoms with E-state index >= 15 is 0 Å². The van der Waals surface area contributed by atoms with E-state index in [4.69, 9.17) is 4.42 Å². The average Bonchev–Trinajstić information content (AvgIpc) is 3.27. The van der Waals surface area contributed by atoms with Crippen molar-refractivity contribution in [2.24, 2.45) is 4.99 Å². The largest absolute Gasteiger partial charge is 0.466 e. The summed E-state index contributed by atoms with van der Waals surface area (Å²) in [4.78, 5) is 13.8. The number of aliphatic hydroxyl groups is 1. The number of pyridine rings is 1. The van der Waals surface area contributed by atoms with E-state index in [1.165, 1.54) is 0 Å². The van der Waals surface area contributed by atoms with Crippen LogP contribution in [0.25, 0.3) is 0 Å². The maximum absolute atomic E-state index is 10.6. The molecule has 30 heavy (non-hydrogen) atoms. The Kier molecular flexibility index (Phi) is 9.37. The first kappa shape index (κ1) is 24.4. The zero-order chi connectivity index (χ0) is 20.7. The fraction of sp³-hybridized carbons (Fsp3) is 0.524. The van der Waals surface area contributed by atoms with Gasteiger partial charge in [0.05, 0.1) is 19.4 Å². The van der Waals surface area contributed by atoms with Crippen molar-refractivity contribution in [1.82, 2.24) is 20.5 Å². The van der Waals surface area contributed by atoms with Crippen molar-refractivity contribution >= 4 is 35.8 Å². The van der Waals surface area contributed by atoms with Gasteiger partial charge < -0.3 is 30.0 Å². The fourth-order valence-corrected chi connectivity index (χ4v) is 3.21. The van der Waals surface area contributed by atoms with Gasteiger partial charge in [0.15, 0.2) is 5.96 Å². The molecule has 1 saturated heterocycles. The number of anilines is 1. The molecule has 0 radical (unpaired) electrons. The molecule has 0 spiro atoms. The average molecular weight is 528 g/mol. The SMILES string of the molecule is CCNC(=NCc1ccnc(N2CCN(C)CC2)c1)NCC(C)(O)c1ccco1.I. The quantitative estimate of drug-likeness (QED) is 0.288. The van der Waals surface area contributed by atoms with Gasteiger partial charge >= 0.3 is 0 Å². The second-order valence-electron chi connectivity index (χ2n) is 7.61. The minimum absolute atomic E-state index is 0. The van der Waals surface area contributed by atoms with E-state index in [2.05, 4.69) is 43.5 Å². The molecule has 1 aliphatic heterocycles.